The van der Waals surface area contributed by atoms with Gasteiger partial charge in [-0.25, -0.2) is 4.39 Å². The van der Waals surface area contributed by atoms with Crippen molar-refractivity contribution < 1.29 is 17.6 Å². The molecule has 3 N–H and O–H groups in total. The first-order valence-corrected chi connectivity index (χ1v) is 6.73. The summed E-state index contributed by atoms with van der Waals surface area (Å²) in [5, 5.41) is 0. The number of alkyl halides is 3. The van der Waals surface area contributed by atoms with Gasteiger partial charge in [0.2, 0.25) is 0 Å². The van der Waals surface area contributed by atoms with E-state index < -0.39 is 23.6 Å². The highest BCUT2D eigenvalue weighted by Gasteiger charge is 2.35. The van der Waals surface area contributed by atoms with Crippen LogP contribution in [0, 0.1) is 5.82 Å². The molecule has 114 valence electrons. The predicted molar refractivity (Wildman–Crippen MR) is 70.2 cm³/mol. The van der Waals surface area contributed by atoms with Crippen LogP contribution >= 0.6 is 0 Å². The fourth-order valence-electron chi connectivity index (χ4n) is 2.14. The standard InChI is InChI=1S/C14H20F4N2/c1-2-3-4-5-9-12(20-19)10-7-6-8-11(13(10)15)14(16,17)18/h6-8,12,20H,2-5,9,19H2,1H3. The summed E-state index contributed by atoms with van der Waals surface area (Å²) in [5.74, 6) is 4.11. The van der Waals surface area contributed by atoms with E-state index in [0.717, 1.165) is 31.7 Å². The Labute approximate surface area is 116 Å². The van der Waals surface area contributed by atoms with Crippen LogP contribution in [-0.4, -0.2) is 0 Å². The van der Waals surface area contributed by atoms with Crippen molar-refractivity contribution in [3.05, 3.63) is 35.1 Å². The number of halogens is 4. The summed E-state index contributed by atoms with van der Waals surface area (Å²) in [6, 6.07) is 2.69. The molecule has 1 rings (SSSR count). The summed E-state index contributed by atoms with van der Waals surface area (Å²) in [6.45, 7) is 2.06. The zero-order valence-corrected chi connectivity index (χ0v) is 11.4. The van der Waals surface area contributed by atoms with Crippen molar-refractivity contribution in [3.8, 4) is 0 Å². The molecule has 0 fully saturated rings. The van der Waals surface area contributed by atoms with E-state index >= 15 is 0 Å². The van der Waals surface area contributed by atoms with Gasteiger partial charge < -0.3 is 0 Å². The van der Waals surface area contributed by atoms with E-state index in [1.54, 1.807) is 0 Å². The van der Waals surface area contributed by atoms with Crippen LogP contribution < -0.4 is 11.3 Å². The third-order valence-electron chi connectivity index (χ3n) is 3.26. The summed E-state index contributed by atoms with van der Waals surface area (Å²) >= 11 is 0. The summed E-state index contributed by atoms with van der Waals surface area (Å²) < 4.78 is 51.9. The predicted octanol–water partition coefficient (Wildman–Crippen LogP) is 4.32. The minimum absolute atomic E-state index is 0.0289. The number of hydrazine groups is 1. The molecule has 1 aromatic rings. The zero-order chi connectivity index (χ0) is 15.2. The third kappa shape index (κ3) is 4.45. The molecule has 20 heavy (non-hydrogen) atoms. The molecule has 0 amide bonds. The summed E-state index contributed by atoms with van der Waals surface area (Å²) in [6.07, 6.45) is -0.342. The van der Waals surface area contributed by atoms with Crippen LogP contribution in [0.15, 0.2) is 18.2 Å². The maximum Gasteiger partial charge on any atom is 0.419 e. The highest BCUT2D eigenvalue weighted by Crippen LogP contribution is 2.34. The van der Waals surface area contributed by atoms with Crippen molar-refractivity contribution in [1.82, 2.24) is 5.43 Å². The molecular formula is C14H20F4N2. The first-order chi connectivity index (χ1) is 9.41. The van der Waals surface area contributed by atoms with Gasteiger partial charge in [-0.15, -0.1) is 0 Å². The van der Waals surface area contributed by atoms with Crippen molar-refractivity contribution >= 4 is 0 Å². The lowest BCUT2D eigenvalue weighted by Gasteiger charge is -2.19. The molecule has 0 spiro atoms. The summed E-state index contributed by atoms with van der Waals surface area (Å²) in [7, 11) is 0. The fourth-order valence-corrected chi connectivity index (χ4v) is 2.14. The first-order valence-electron chi connectivity index (χ1n) is 6.73. The molecule has 1 unspecified atom stereocenters. The molecule has 0 saturated carbocycles. The largest absolute Gasteiger partial charge is 0.419 e. The second kappa shape index (κ2) is 7.59. The summed E-state index contributed by atoms with van der Waals surface area (Å²) in [5.41, 5.74) is 1.13. The molecule has 6 heteroatoms. The molecule has 0 aliphatic rings. The van der Waals surface area contributed by atoms with E-state index in [4.69, 9.17) is 5.84 Å². The lowest BCUT2D eigenvalue weighted by atomic mass is 9.98. The van der Waals surface area contributed by atoms with Gasteiger partial charge in [-0.3, -0.25) is 11.3 Å². The van der Waals surface area contributed by atoms with Crippen molar-refractivity contribution in [2.24, 2.45) is 5.84 Å². The normalized spacial score (nSPS) is 13.5. The van der Waals surface area contributed by atoms with Crippen LogP contribution in [0.3, 0.4) is 0 Å². The molecule has 0 bridgehead atoms. The SMILES string of the molecule is CCCCCCC(NN)c1cccc(C(F)(F)F)c1F. The monoisotopic (exact) mass is 292 g/mol. The Bertz CT molecular complexity index is 418. The number of benzene rings is 1. The second-order valence-electron chi connectivity index (χ2n) is 4.78. The van der Waals surface area contributed by atoms with Crippen molar-refractivity contribution in [2.45, 2.75) is 51.2 Å². The maximum absolute atomic E-state index is 14.0. The smallest absolute Gasteiger partial charge is 0.271 e. The molecule has 0 aromatic heterocycles. The van der Waals surface area contributed by atoms with E-state index in [0.29, 0.717) is 6.42 Å². The second-order valence-corrected chi connectivity index (χ2v) is 4.78. The quantitative estimate of drug-likeness (QED) is 0.340. The average Bonchev–Trinajstić information content (AvgIpc) is 2.38. The minimum atomic E-state index is -4.69. The van der Waals surface area contributed by atoms with E-state index in [-0.39, 0.29) is 5.56 Å². The van der Waals surface area contributed by atoms with E-state index in [1.807, 2.05) is 0 Å². The van der Waals surface area contributed by atoms with Gasteiger partial charge in [0.15, 0.2) is 0 Å². The Morgan fingerprint density at radius 3 is 2.45 bits per heavy atom. The number of unbranched alkanes of at least 4 members (excludes halogenated alkanes) is 3. The first kappa shape index (κ1) is 16.9. The summed E-state index contributed by atoms with van der Waals surface area (Å²) in [4.78, 5) is 0. The highest BCUT2D eigenvalue weighted by molar-refractivity contribution is 5.30. The number of hydrogen-bond donors (Lipinski definition) is 2. The average molecular weight is 292 g/mol. The molecule has 0 radical (unpaired) electrons. The number of nitrogens with one attached hydrogen (secondary N) is 1. The highest BCUT2D eigenvalue weighted by atomic mass is 19.4. The Balaban J connectivity index is 2.87. The minimum Gasteiger partial charge on any atom is -0.271 e. The van der Waals surface area contributed by atoms with Gasteiger partial charge in [-0.1, -0.05) is 44.7 Å². The fraction of sp³-hybridized carbons (Fsp3) is 0.571. The molecule has 0 heterocycles. The Kier molecular flexibility index (Phi) is 6.42. The maximum atomic E-state index is 14.0. The lowest BCUT2D eigenvalue weighted by Crippen LogP contribution is -2.29. The van der Waals surface area contributed by atoms with E-state index in [2.05, 4.69) is 12.3 Å². The van der Waals surface area contributed by atoms with Crippen LogP contribution in [0.25, 0.3) is 0 Å². The molecule has 0 saturated heterocycles. The van der Waals surface area contributed by atoms with Crippen molar-refractivity contribution in [3.63, 3.8) is 0 Å². The van der Waals surface area contributed by atoms with Crippen LogP contribution in [0.5, 0.6) is 0 Å². The molecular weight excluding hydrogens is 272 g/mol. The van der Waals surface area contributed by atoms with Gasteiger partial charge in [-0.2, -0.15) is 13.2 Å². The molecule has 0 aliphatic carbocycles. The van der Waals surface area contributed by atoms with Gasteiger partial charge in [0.25, 0.3) is 0 Å². The zero-order valence-electron chi connectivity index (χ0n) is 11.4. The Morgan fingerprint density at radius 1 is 1.20 bits per heavy atom. The number of rotatable bonds is 7. The van der Waals surface area contributed by atoms with E-state index in [9.17, 15) is 17.6 Å². The van der Waals surface area contributed by atoms with Crippen LogP contribution in [0.4, 0.5) is 17.6 Å². The Morgan fingerprint density at radius 2 is 1.90 bits per heavy atom. The molecule has 1 atom stereocenters. The van der Waals surface area contributed by atoms with Gasteiger partial charge in [0.05, 0.1) is 5.56 Å². The van der Waals surface area contributed by atoms with Crippen molar-refractivity contribution in [2.75, 3.05) is 0 Å². The number of hydrogen-bond acceptors (Lipinski definition) is 2. The third-order valence-corrected chi connectivity index (χ3v) is 3.26. The van der Waals surface area contributed by atoms with Gasteiger partial charge in [-0.05, 0) is 12.5 Å². The van der Waals surface area contributed by atoms with Crippen molar-refractivity contribution in [1.29, 1.82) is 0 Å². The lowest BCUT2D eigenvalue weighted by molar-refractivity contribution is -0.140. The Hall–Kier alpha value is -1.14. The van der Waals surface area contributed by atoms with Gasteiger partial charge in [0.1, 0.15) is 5.82 Å². The van der Waals surface area contributed by atoms with Crippen LogP contribution in [0.2, 0.25) is 0 Å². The van der Waals surface area contributed by atoms with Gasteiger partial charge >= 0.3 is 6.18 Å². The molecule has 0 aliphatic heterocycles. The molecule has 2 nitrogen and oxygen atoms in total. The van der Waals surface area contributed by atoms with Crippen LogP contribution in [0.1, 0.15) is 56.2 Å². The molecule has 1 aromatic carbocycles. The number of nitrogens with two attached hydrogens (primary N) is 1. The van der Waals surface area contributed by atoms with Crippen LogP contribution in [-0.2, 0) is 6.18 Å². The topological polar surface area (TPSA) is 38.0 Å². The van der Waals surface area contributed by atoms with Gasteiger partial charge in [0, 0.05) is 11.6 Å². The van der Waals surface area contributed by atoms with E-state index in [1.165, 1.54) is 12.1 Å².